The van der Waals surface area contributed by atoms with Gasteiger partial charge in [-0.15, -0.1) is 0 Å². The fraction of sp³-hybridized carbons (Fsp3) is 0.263. The highest BCUT2D eigenvalue weighted by Gasteiger charge is 2.23. The maximum Gasteiger partial charge on any atom is 0.232 e. The van der Waals surface area contributed by atoms with Crippen molar-refractivity contribution >= 4 is 11.6 Å². The molecule has 134 valence electrons. The van der Waals surface area contributed by atoms with Crippen molar-refractivity contribution in [2.24, 2.45) is 0 Å². The van der Waals surface area contributed by atoms with Crippen LogP contribution in [0.3, 0.4) is 0 Å². The van der Waals surface area contributed by atoms with Crippen LogP contribution in [-0.2, 0) is 11.2 Å². The number of para-hydroxylation sites is 1. The van der Waals surface area contributed by atoms with Gasteiger partial charge in [-0.2, -0.15) is 5.21 Å². The summed E-state index contributed by atoms with van der Waals surface area (Å²) < 4.78 is 5.39. The third-order valence-corrected chi connectivity index (χ3v) is 4.22. The van der Waals surface area contributed by atoms with Gasteiger partial charge in [0.15, 0.2) is 0 Å². The number of amides is 1. The second kappa shape index (κ2) is 7.77. The number of aryl methyl sites for hydroxylation is 2. The van der Waals surface area contributed by atoms with Crippen LogP contribution in [0.25, 0.3) is 0 Å². The first-order valence-corrected chi connectivity index (χ1v) is 8.27. The average Bonchev–Trinajstić information content (AvgIpc) is 3.16. The number of carbonyl (C=O) groups excluding carboxylic acids is 1. The van der Waals surface area contributed by atoms with E-state index in [1.54, 1.807) is 7.11 Å². The minimum Gasteiger partial charge on any atom is -0.496 e. The molecule has 0 bridgehead atoms. The highest BCUT2D eigenvalue weighted by atomic mass is 16.5. The van der Waals surface area contributed by atoms with Gasteiger partial charge < -0.3 is 15.2 Å². The molecule has 7 nitrogen and oxygen atoms in total. The molecule has 0 unspecified atom stereocenters. The van der Waals surface area contributed by atoms with Crippen molar-refractivity contribution < 1.29 is 9.53 Å². The van der Waals surface area contributed by atoms with Gasteiger partial charge in [0.25, 0.3) is 0 Å². The van der Waals surface area contributed by atoms with E-state index in [2.05, 4.69) is 25.9 Å². The van der Waals surface area contributed by atoms with Crippen LogP contribution >= 0.6 is 0 Å². The molecule has 7 heteroatoms. The van der Waals surface area contributed by atoms with Crippen LogP contribution in [0.4, 0.5) is 5.69 Å². The van der Waals surface area contributed by atoms with Gasteiger partial charge in [-0.1, -0.05) is 35.9 Å². The molecule has 26 heavy (non-hydrogen) atoms. The van der Waals surface area contributed by atoms with Gasteiger partial charge >= 0.3 is 0 Å². The smallest absolute Gasteiger partial charge is 0.232 e. The minimum atomic E-state index is -0.623. The van der Waals surface area contributed by atoms with E-state index in [9.17, 15) is 4.79 Å². The largest absolute Gasteiger partial charge is 0.496 e. The number of methoxy groups -OCH3 is 1. The van der Waals surface area contributed by atoms with Crippen molar-refractivity contribution in [1.82, 2.24) is 20.6 Å². The Labute approximate surface area is 151 Å². The summed E-state index contributed by atoms with van der Waals surface area (Å²) in [5, 5.41) is 17.8. The average molecular weight is 350 g/mol. The number of tetrazole rings is 1. The topological polar surface area (TPSA) is 91.1 Å². The summed E-state index contributed by atoms with van der Waals surface area (Å²) >= 11 is 0. The number of rotatable bonds is 6. The molecule has 1 aromatic heterocycles. The van der Waals surface area contributed by atoms with Crippen molar-refractivity contribution in [2.45, 2.75) is 26.2 Å². The third-order valence-electron chi connectivity index (χ3n) is 4.22. The van der Waals surface area contributed by atoms with E-state index in [4.69, 9.17) is 4.74 Å². The van der Waals surface area contributed by atoms with Crippen molar-refractivity contribution in [3.05, 3.63) is 65.0 Å². The molecule has 0 fully saturated rings. The summed E-state index contributed by atoms with van der Waals surface area (Å²) in [6.07, 6.45) is 0.383. The normalized spacial score (nSPS) is 11.8. The molecule has 0 saturated heterocycles. The molecule has 0 saturated carbocycles. The molecule has 1 heterocycles. The first-order chi connectivity index (χ1) is 12.6. The zero-order valence-electron chi connectivity index (χ0n) is 14.9. The summed E-state index contributed by atoms with van der Waals surface area (Å²) in [6, 6.07) is 13.4. The van der Waals surface area contributed by atoms with Gasteiger partial charge in [0, 0.05) is 11.5 Å². The standard InChI is InChI=1S/C19H21N5O2/c1-12-8-9-16(13(2)10-12)20-19(25)15(18-21-23-24-22-18)11-14-6-4-5-7-17(14)26-3/h4-10,15H,11H2,1-3H3,(H2,20,21,22,23,24,25)/p-1/t15-/m0/s1. The Hall–Kier alpha value is -3.22. The Morgan fingerprint density at radius 1 is 1.23 bits per heavy atom. The molecule has 0 aliphatic rings. The molecule has 1 N–H and O–H groups in total. The number of hydrogen-bond donors (Lipinski definition) is 1. The van der Waals surface area contributed by atoms with E-state index < -0.39 is 5.92 Å². The number of ether oxygens (including phenoxy) is 1. The second-order valence-electron chi connectivity index (χ2n) is 6.11. The fourth-order valence-corrected chi connectivity index (χ4v) is 2.86. The van der Waals surface area contributed by atoms with E-state index in [-0.39, 0.29) is 11.7 Å². The summed E-state index contributed by atoms with van der Waals surface area (Å²) in [4.78, 5) is 13.0. The molecule has 3 aromatic rings. The number of nitrogens with zero attached hydrogens (tertiary/aromatic N) is 4. The number of carbonyl (C=O) groups is 1. The lowest BCUT2D eigenvalue weighted by Gasteiger charge is -2.19. The predicted octanol–water partition coefficient (Wildman–Crippen LogP) is 2.42. The maximum absolute atomic E-state index is 13.0. The zero-order valence-corrected chi connectivity index (χ0v) is 14.9. The Bertz CT molecular complexity index is 893. The van der Waals surface area contributed by atoms with Crippen LogP contribution in [0.1, 0.15) is 28.4 Å². The van der Waals surface area contributed by atoms with E-state index in [1.807, 2.05) is 56.3 Å². The van der Waals surface area contributed by atoms with Gasteiger partial charge in [0.2, 0.25) is 5.91 Å². The Kier molecular flexibility index (Phi) is 5.26. The number of nitrogens with one attached hydrogen (secondary N) is 1. The molecule has 0 radical (unpaired) electrons. The van der Waals surface area contributed by atoms with Crippen LogP contribution in [0.2, 0.25) is 0 Å². The molecule has 0 spiro atoms. The summed E-state index contributed by atoms with van der Waals surface area (Å²) in [5.41, 5.74) is 3.78. The van der Waals surface area contributed by atoms with Crippen molar-refractivity contribution in [2.75, 3.05) is 12.4 Å². The van der Waals surface area contributed by atoms with Gasteiger partial charge in [0.05, 0.1) is 13.0 Å². The second-order valence-corrected chi connectivity index (χ2v) is 6.11. The molecule has 1 amide bonds. The van der Waals surface area contributed by atoms with Crippen molar-refractivity contribution in [3.63, 3.8) is 0 Å². The molecule has 1 atom stereocenters. The zero-order chi connectivity index (χ0) is 18.5. The summed E-state index contributed by atoms with van der Waals surface area (Å²) in [6.45, 7) is 3.97. The lowest BCUT2D eigenvalue weighted by Crippen LogP contribution is -2.25. The number of hydrogen-bond acceptors (Lipinski definition) is 5. The maximum atomic E-state index is 13.0. The monoisotopic (exact) mass is 350 g/mol. The molecular weight excluding hydrogens is 330 g/mol. The van der Waals surface area contributed by atoms with Crippen LogP contribution in [-0.4, -0.2) is 28.5 Å². The Balaban J connectivity index is 1.88. The lowest BCUT2D eigenvalue weighted by molar-refractivity contribution is -0.117. The minimum absolute atomic E-state index is 0.211. The number of benzene rings is 2. The quantitative estimate of drug-likeness (QED) is 0.734. The fourth-order valence-electron chi connectivity index (χ4n) is 2.86. The van der Waals surface area contributed by atoms with Gasteiger partial charge in [0.1, 0.15) is 5.75 Å². The molecule has 0 aliphatic heterocycles. The van der Waals surface area contributed by atoms with Crippen LogP contribution in [0.15, 0.2) is 42.5 Å². The van der Waals surface area contributed by atoms with Crippen molar-refractivity contribution in [1.29, 1.82) is 0 Å². The Morgan fingerprint density at radius 2 is 2.04 bits per heavy atom. The van der Waals surface area contributed by atoms with Crippen molar-refractivity contribution in [3.8, 4) is 5.75 Å². The molecule has 3 rings (SSSR count). The first-order valence-electron chi connectivity index (χ1n) is 8.27. The van der Waals surface area contributed by atoms with E-state index >= 15 is 0 Å². The third kappa shape index (κ3) is 3.88. The SMILES string of the molecule is COc1ccccc1C[C@H](C(=O)Nc1ccc(C)cc1C)c1nnn[n-]1. The van der Waals surface area contributed by atoms with Gasteiger partial charge in [-0.25, -0.2) is 0 Å². The molecule has 0 aliphatic carbocycles. The summed E-state index contributed by atoms with van der Waals surface area (Å²) in [5.74, 6) is 0.169. The highest BCUT2D eigenvalue weighted by molar-refractivity contribution is 5.96. The predicted molar refractivity (Wildman–Crippen MR) is 97.1 cm³/mol. The van der Waals surface area contributed by atoms with Crippen LogP contribution < -0.4 is 15.2 Å². The first kappa shape index (κ1) is 17.6. The van der Waals surface area contributed by atoms with Gasteiger partial charge in [-0.05, 0) is 43.5 Å². The van der Waals surface area contributed by atoms with E-state index in [0.717, 1.165) is 22.4 Å². The van der Waals surface area contributed by atoms with Gasteiger partial charge in [-0.3, -0.25) is 15.1 Å². The summed E-state index contributed by atoms with van der Waals surface area (Å²) in [7, 11) is 1.60. The van der Waals surface area contributed by atoms with Crippen LogP contribution in [0.5, 0.6) is 5.75 Å². The van der Waals surface area contributed by atoms with Crippen LogP contribution in [0, 0.1) is 13.8 Å². The molecular formula is C19H20N5O2-. The Morgan fingerprint density at radius 3 is 2.73 bits per heavy atom. The van der Waals surface area contributed by atoms with E-state index in [1.165, 1.54) is 0 Å². The molecule has 2 aromatic carbocycles. The lowest BCUT2D eigenvalue weighted by atomic mass is 9.96. The number of aromatic nitrogens is 4. The highest BCUT2D eigenvalue weighted by Crippen LogP contribution is 2.26. The number of anilines is 1. The van der Waals surface area contributed by atoms with E-state index in [0.29, 0.717) is 12.2 Å².